The number of esters is 2. The molecule has 1 aromatic rings. The summed E-state index contributed by atoms with van der Waals surface area (Å²) in [6, 6.07) is 3.67. The van der Waals surface area contributed by atoms with Crippen LogP contribution in [-0.4, -0.2) is 35.9 Å². The van der Waals surface area contributed by atoms with E-state index in [9.17, 15) is 24.5 Å². The second-order valence-corrected chi connectivity index (χ2v) is 5.14. The van der Waals surface area contributed by atoms with Crippen LogP contribution in [-0.2, 0) is 19.1 Å². The number of nitrogens with zero attached hydrogens (tertiary/aromatic N) is 1. The molecule has 124 valence electrons. The standard InChI is InChI=1S/C14H14BrNO7/c1-3-22-13(18)11(14(19)23-4-2)12(17)9-6-5-8(15)7-10(9)16(20)21/h5-7,11H,3-4H2,1-2H3. The second kappa shape index (κ2) is 8.37. The molecule has 0 amide bonds. The van der Waals surface area contributed by atoms with Crippen LogP contribution in [0.2, 0.25) is 0 Å². The number of Topliss-reactive ketones (excluding diaryl/α,β-unsaturated/α-hetero) is 1. The maximum absolute atomic E-state index is 12.5. The molecular formula is C14H14BrNO7. The number of nitro benzene ring substituents is 1. The molecule has 0 unspecified atom stereocenters. The van der Waals surface area contributed by atoms with Gasteiger partial charge in [-0.2, -0.15) is 0 Å². The number of hydrogen-bond acceptors (Lipinski definition) is 7. The average molecular weight is 388 g/mol. The van der Waals surface area contributed by atoms with Gasteiger partial charge >= 0.3 is 11.9 Å². The molecule has 0 saturated heterocycles. The van der Waals surface area contributed by atoms with Gasteiger partial charge in [0, 0.05) is 10.5 Å². The fourth-order valence-electron chi connectivity index (χ4n) is 1.78. The first-order chi connectivity index (χ1) is 10.8. The summed E-state index contributed by atoms with van der Waals surface area (Å²) >= 11 is 3.06. The van der Waals surface area contributed by atoms with Crippen molar-refractivity contribution in [3.05, 3.63) is 38.3 Å². The minimum absolute atomic E-state index is 0.0511. The van der Waals surface area contributed by atoms with Crippen molar-refractivity contribution in [2.24, 2.45) is 5.92 Å². The van der Waals surface area contributed by atoms with Crippen LogP contribution in [0.1, 0.15) is 24.2 Å². The van der Waals surface area contributed by atoms with Gasteiger partial charge in [0.2, 0.25) is 5.92 Å². The van der Waals surface area contributed by atoms with Crippen molar-refractivity contribution in [1.29, 1.82) is 0 Å². The molecule has 0 heterocycles. The van der Waals surface area contributed by atoms with E-state index in [1.165, 1.54) is 19.9 Å². The van der Waals surface area contributed by atoms with Gasteiger partial charge in [-0.05, 0) is 26.0 Å². The summed E-state index contributed by atoms with van der Waals surface area (Å²) in [6.45, 7) is 2.91. The first kappa shape index (κ1) is 18.8. The summed E-state index contributed by atoms with van der Waals surface area (Å²) in [4.78, 5) is 46.6. The molecule has 0 N–H and O–H groups in total. The molecule has 0 aromatic heterocycles. The number of halogens is 1. The Kier molecular flexibility index (Phi) is 6.83. The van der Waals surface area contributed by atoms with Gasteiger partial charge in [0.05, 0.1) is 23.7 Å². The zero-order valence-corrected chi connectivity index (χ0v) is 14.0. The molecule has 1 aromatic carbocycles. The second-order valence-electron chi connectivity index (χ2n) is 4.22. The lowest BCUT2D eigenvalue weighted by Gasteiger charge is -2.13. The van der Waals surface area contributed by atoms with E-state index in [4.69, 9.17) is 9.47 Å². The van der Waals surface area contributed by atoms with Gasteiger partial charge < -0.3 is 9.47 Å². The van der Waals surface area contributed by atoms with E-state index < -0.39 is 34.3 Å². The highest BCUT2D eigenvalue weighted by molar-refractivity contribution is 9.10. The van der Waals surface area contributed by atoms with E-state index in [0.29, 0.717) is 4.47 Å². The quantitative estimate of drug-likeness (QED) is 0.232. The van der Waals surface area contributed by atoms with Crippen molar-refractivity contribution in [2.75, 3.05) is 13.2 Å². The summed E-state index contributed by atoms with van der Waals surface area (Å²) in [5, 5.41) is 11.1. The van der Waals surface area contributed by atoms with Crippen LogP contribution in [0.25, 0.3) is 0 Å². The lowest BCUT2D eigenvalue weighted by molar-refractivity contribution is -0.385. The Morgan fingerprint density at radius 1 is 1.17 bits per heavy atom. The predicted octanol–water partition coefficient (Wildman–Crippen LogP) is 2.28. The largest absolute Gasteiger partial charge is 0.465 e. The molecule has 0 aliphatic heterocycles. The number of ether oxygens (including phenoxy) is 2. The smallest absolute Gasteiger partial charge is 0.328 e. The van der Waals surface area contributed by atoms with E-state index in [1.54, 1.807) is 0 Å². The van der Waals surface area contributed by atoms with E-state index in [1.807, 2.05) is 0 Å². The minimum atomic E-state index is -1.89. The Morgan fingerprint density at radius 3 is 2.13 bits per heavy atom. The number of rotatable bonds is 7. The molecule has 8 nitrogen and oxygen atoms in total. The third-order valence-electron chi connectivity index (χ3n) is 2.73. The zero-order valence-electron chi connectivity index (χ0n) is 12.4. The molecule has 0 aliphatic rings. The summed E-state index contributed by atoms with van der Waals surface area (Å²) in [7, 11) is 0. The molecule has 1 rings (SSSR count). The minimum Gasteiger partial charge on any atom is -0.465 e. The Bertz CT molecular complexity index is 626. The monoisotopic (exact) mass is 387 g/mol. The van der Waals surface area contributed by atoms with E-state index in [2.05, 4.69) is 15.9 Å². The van der Waals surface area contributed by atoms with Gasteiger partial charge in [0.25, 0.3) is 5.69 Å². The van der Waals surface area contributed by atoms with Crippen molar-refractivity contribution in [3.8, 4) is 0 Å². The van der Waals surface area contributed by atoms with Crippen LogP contribution in [0.15, 0.2) is 22.7 Å². The van der Waals surface area contributed by atoms with Gasteiger partial charge in [-0.25, -0.2) is 0 Å². The summed E-state index contributed by atoms with van der Waals surface area (Å²) in [5.74, 6) is -5.14. The van der Waals surface area contributed by atoms with Gasteiger partial charge in [0.15, 0.2) is 5.78 Å². The van der Waals surface area contributed by atoms with Crippen molar-refractivity contribution in [2.45, 2.75) is 13.8 Å². The summed E-state index contributed by atoms with van der Waals surface area (Å²) in [5.41, 5.74) is -0.896. The molecular weight excluding hydrogens is 374 g/mol. The number of benzene rings is 1. The average Bonchev–Trinajstić information content (AvgIpc) is 2.47. The summed E-state index contributed by atoms with van der Waals surface area (Å²) in [6.07, 6.45) is 0. The molecule has 0 atom stereocenters. The van der Waals surface area contributed by atoms with Gasteiger partial charge in [0.1, 0.15) is 0 Å². The van der Waals surface area contributed by atoms with Crippen LogP contribution in [0.3, 0.4) is 0 Å². The molecule has 9 heteroatoms. The van der Waals surface area contributed by atoms with Gasteiger partial charge in [-0.1, -0.05) is 15.9 Å². The van der Waals surface area contributed by atoms with E-state index >= 15 is 0 Å². The fraction of sp³-hybridized carbons (Fsp3) is 0.357. The molecule has 0 fully saturated rings. The fourth-order valence-corrected chi connectivity index (χ4v) is 2.13. The highest BCUT2D eigenvalue weighted by Gasteiger charge is 2.40. The molecule has 0 spiro atoms. The van der Waals surface area contributed by atoms with Crippen LogP contribution < -0.4 is 0 Å². The number of carbonyl (C=O) groups is 3. The third-order valence-corrected chi connectivity index (χ3v) is 3.22. The van der Waals surface area contributed by atoms with Crippen molar-refractivity contribution in [1.82, 2.24) is 0 Å². The first-order valence-corrected chi connectivity index (χ1v) is 7.44. The Labute approximate surface area is 140 Å². The number of ketones is 1. The first-order valence-electron chi connectivity index (χ1n) is 6.64. The van der Waals surface area contributed by atoms with Crippen LogP contribution in [0, 0.1) is 16.0 Å². The normalized spacial score (nSPS) is 10.3. The highest BCUT2D eigenvalue weighted by atomic mass is 79.9. The molecule has 0 aliphatic carbocycles. The molecule has 23 heavy (non-hydrogen) atoms. The van der Waals surface area contributed by atoms with Crippen molar-refractivity contribution >= 4 is 39.3 Å². The van der Waals surface area contributed by atoms with Crippen LogP contribution in [0.5, 0.6) is 0 Å². The lowest BCUT2D eigenvalue weighted by Crippen LogP contribution is -2.35. The van der Waals surface area contributed by atoms with Crippen LogP contribution in [0.4, 0.5) is 5.69 Å². The maximum Gasteiger partial charge on any atom is 0.328 e. The SMILES string of the molecule is CCOC(=O)C(C(=O)OCC)C(=O)c1ccc(Br)cc1[N+](=O)[O-]. The summed E-state index contributed by atoms with van der Waals surface area (Å²) < 4.78 is 9.78. The number of carbonyl (C=O) groups excluding carboxylic acids is 3. The number of hydrogen-bond donors (Lipinski definition) is 0. The van der Waals surface area contributed by atoms with Crippen molar-refractivity contribution in [3.63, 3.8) is 0 Å². The highest BCUT2D eigenvalue weighted by Crippen LogP contribution is 2.26. The zero-order chi connectivity index (χ0) is 17.6. The van der Waals surface area contributed by atoms with E-state index in [-0.39, 0.29) is 18.8 Å². The van der Waals surface area contributed by atoms with Crippen molar-refractivity contribution < 1.29 is 28.8 Å². The van der Waals surface area contributed by atoms with Gasteiger partial charge in [-0.15, -0.1) is 0 Å². The van der Waals surface area contributed by atoms with Crippen LogP contribution >= 0.6 is 15.9 Å². The predicted molar refractivity (Wildman–Crippen MR) is 81.9 cm³/mol. The third kappa shape index (κ3) is 4.59. The molecule has 0 saturated carbocycles. The molecule has 0 bridgehead atoms. The lowest BCUT2D eigenvalue weighted by atomic mass is 9.96. The maximum atomic E-state index is 12.5. The number of nitro groups is 1. The Balaban J connectivity index is 3.32. The molecule has 0 radical (unpaired) electrons. The topological polar surface area (TPSA) is 113 Å². The Morgan fingerprint density at radius 2 is 1.70 bits per heavy atom. The van der Waals surface area contributed by atoms with Gasteiger partial charge in [-0.3, -0.25) is 24.5 Å². The Hall–Kier alpha value is -2.29. The van der Waals surface area contributed by atoms with E-state index in [0.717, 1.165) is 12.1 Å².